The lowest BCUT2D eigenvalue weighted by molar-refractivity contribution is 0.441. The molecule has 0 saturated carbocycles. The molecule has 1 rings (SSSR count). The molecule has 0 amide bonds. The fourth-order valence-corrected chi connectivity index (χ4v) is 4.79. The molecule has 2 N–H and O–H groups in total. The molecule has 0 bridgehead atoms. The summed E-state index contributed by atoms with van der Waals surface area (Å²) in [6.07, 6.45) is 2.45. The molecule has 0 aromatic rings. The molecule has 0 aromatic heterocycles. The summed E-state index contributed by atoms with van der Waals surface area (Å²) in [5, 5.41) is 1.43. The molecule has 3 heteroatoms. The topological polar surface area (TPSA) is 26.0 Å². The van der Waals surface area contributed by atoms with Crippen molar-refractivity contribution in [2.45, 2.75) is 50.2 Å². The highest BCUT2D eigenvalue weighted by Gasteiger charge is 2.28. The number of hydrogen-bond donors (Lipinski definition) is 1. The summed E-state index contributed by atoms with van der Waals surface area (Å²) in [5.74, 6) is 3.37. The van der Waals surface area contributed by atoms with Gasteiger partial charge >= 0.3 is 0 Å². The summed E-state index contributed by atoms with van der Waals surface area (Å²) in [5.41, 5.74) is 6.28. The van der Waals surface area contributed by atoms with Gasteiger partial charge in [-0.25, -0.2) is 0 Å². The normalized spacial score (nSPS) is 32.6. The number of thioether (sulfide) groups is 2. The molecule has 14 heavy (non-hydrogen) atoms. The van der Waals surface area contributed by atoms with Crippen molar-refractivity contribution in [1.29, 1.82) is 0 Å². The first-order valence-electron chi connectivity index (χ1n) is 5.64. The van der Waals surface area contributed by atoms with Gasteiger partial charge in [0, 0.05) is 28.0 Å². The van der Waals surface area contributed by atoms with Crippen molar-refractivity contribution in [2.24, 2.45) is 11.7 Å². The second-order valence-corrected chi connectivity index (χ2v) is 7.10. The molecular formula is C11H23NS2. The highest BCUT2D eigenvalue weighted by molar-refractivity contribution is 8.07. The van der Waals surface area contributed by atoms with E-state index in [2.05, 4.69) is 44.3 Å². The Morgan fingerprint density at radius 2 is 2.00 bits per heavy atom. The zero-order valence-corrected chi connectivity index (χ0v) is 11.2. The number of nitrogens with two attached hydrogens (primary N) is 1. The molecule has 0 aromatic carbocycles. The third-order valence-corrected chi connectivity index (χ3v) is 6.30. The fraction of sp³-hybridized carbons (Fsp3) is 1.00. The van der Waals surface area contributed by atoms with Crippen molar-refractivity contribution in [2.75, 3.05) is 11.5 Å². The van der Waals surface area contributed by atoms with E-state index in [0.717, 1.165) is 11.2 Å². The first-order valence-corrected chi connectivity index (χ1v) is 7.73. The number of rotatable bonds is 4. The van der Waals surface area contributed by atoms with E-state index in [1.807, 2.05) is 0 Å². The SMILES string of the molecule is CCC(C)CC(N)C1SCCSC1C. The Morgan fingerprint density at radius 3 is 2.57 bits per heavy atom. The first kappa shape index (κ1) is 12.7. The highest BCUT2D eigenvalue weighted by Crippen LogP contribution is 2.34. The average molecular weight is 233 g/mol. The molecule has 1 saturated heterocycles. The van der Waals surface area contributed by atoms with E-state index in [1.165, 1.54) is 24.3 Å². The fourth-order valence-electron chi connectivity index (χ4n) is 1.89. The van der Waals surface area contributed by atoms with E-state index >= 15 is 0 Å². The van der Waals surface area contributed by atoms with Gasteiger partial charge in [0.15, 0.2) is 0 Å². The minimum atomic E-state index is 0.401. The predicted molar refractivity (Wildman–Crippen MR) is 70.2 cm³/mol. The minimum Gasteiger partial charge on any atom is -0.327 e. The van der Waals surface area contributed by atoms with Crippen molar-refractivity contribution >= 4 is 23.5 Å². The van der Waals surface area contributed by atoms with E-state index < -0.39 is 0 Å². The lowest BCUT2D eigenvalue weighted by Crippen LogP contribution is -2.41. The van der Waals surface area contributed by atoms with Crippen LogP contribution >= 0.6 is 23.5 Å². The molecule has 0 aliphatic carbocycles. The smallest absolute Gasteiger partial charge is 0.0315 e. The van der Waals surface area contributed by atoms with Crippen LogP contribution in [0.5, 0.6) is 0 Å². The summed E-state index contributed by atoms with van der Waals surface area (Å²) in [7, 11) is 0. The van der Waals surface area contributed by atoms with Crippen LogP contribution in [0.4, 0.5) is 0 Å². The van der Waals surface area contributed by atoms with Gasteiger partial charge in [-0.15, -0.1) is 0 Å². The van der Waals surface area contributed by atoms with Gasteiger partial charge in [0.05, 0.1) is 0 Å². The van der Waals surface area contributed by atoms with E-state index in [1.54, 1.807) is 0 Å². The Bertz CT molecular complexity index is 163. The second kappa shape index (κ2) is 6.29. The van der Waals surface area contributed by atoms with Crippen molar-refractivity contribution in [3.05, 3.63) is 0 Å². The van der Waals surface area contributed by atoms with Crippen molar-refractivity contribution in [3.63, 3.8) is 0 Å². The van der Waals surface area contributed by atoms with Gasteiger partial charge in [0.25, 0.3) is 0 Å². The molecule has 1 heterocycles. The molecule has 0 spiro atoms. The van der Waals surface area contributed by atoms with E-state index in [-0.39, 0.29) is 0 Å². The van der Waals surface area contributed by atoms with Crippen LogP contribution in [0.1, 0.15) is 33.6 Å². The molecular weight excluding hydrogens is 210 g/mol. The molecule has 1 aliphatic heterocycles. The maximum absolute atomic E-state index is 6.28. The second-order valence-electron chi connectivity index (χ2n) is 4.32. The Kier molecular flexibility index (Phi) is 5.72. The van der Waals surface area contributed by atoms with Crippen LogP contribution in [-0.4, -0.2) is 28.0 Å². The van der Waals surface area contributed by atoms with E-state index in [0.29, 0.717) is 11.3 Å². The standard InChI is InChI=1S/C11H23NS2/c1-4-8(2)7-10(12)11-9(3)13-5-6-14-11/h8-11H,4-7,12H2,1-3H3. The maximum atomic E-state index is 6.28. The summed E-state index contributed by atoms with van der Waals surface area (Å²) in [4.78, 5) is 0. The van der Waals surface area contributed by atoms with Crippen molar-refractivity contribution in [3.8, 4) is 0 Å². The lowest BCUT2D eigenvalue weighted by atomic mass is 9.97. The third kappa shape index (κ3) is 3.67. The van der Waals surface area contributed by atoms with Gasteiger partial charge in [0.2, 0.25) is 0 Å². The number of hydrogen-bond acceptors (Lipinski definition) is 3. The molecule has 4 atom stereocenters. The van der Waals surface area contributed by atoms with Crippen LogP contribution in [0.3, 0.4) is 0 Å². The van der Waals surface area contributed by atoms with Gasteiger partial charge < -0.3 is 5.73 Å². The Labute approximate surface area is 97.0 Å². The highest BCUT2D eigenvalue weighted by atomic mass is 32.2. The minimum absolute atomic E-state index is 0.401. The summed E-state index contributed by atoms with van der Waals surface area (Å²) in [6, 6.07) is 0.401. The summed E-state index contributed by atoms with van der Waals surface area (Å²) in [6.45, 7) is 6.90. The van der Waals surface area contributed by atoms with E-state index in [9.17, 15) is 0 Å². The molecule has 0 radical (unpaired) electrons. The van der Waals surface area contributed by atoms with Gasteiger partial charge in [0.1, 0.15) is 0 Å². The van der Waals surface area contributed by atoms with Crippen LogP contribution in [0.2, 0.25) is 0 Å². The predicted octanol–water partition coefficient (Wildman–Crippen LogP) is 2.99. The molecule has 4 unspecified atom stereocenters. The quantitative estimate of drug-likeness (QED) is 0.808. The van der Waals surface area contributed by atoms with Crippen molar-refractivity contribution in [1.82, 2.24) is 0 Å². The Hall–Kier alpha value is 0.660. The van der Waals surface area contributed by atoms with Crippen LogP contribution in [-0.2, 0) is 0 Å². The Morgan fingerprint density at radius 1 is 1.36 bits per heavy atom. The first-order chi connectivity index (χ1) is 6.65. The molecule has 1 fully saturated rings. The average Bonchev–Trinajstić information content (AvgIpc) is 2.18. The molecule has 1 aliphatic rings. The largest absolute Gasteiger partial charge is 0.327 e. The van der Waals surface area contributed by atoms with Gasteiger partial charge in [-0.1, -0.05) is 27.2 Å². The molecule has 1 nitrogen and oxygen atoms in total. The zero-order valence-electron chi connectivity index (χ0n) is 9.53. The van der Waals surface area contributed by atoms with Crippen molar-refractivity contribution < 1.29 is 0 Å². The van der Waals surface area contributed by atoms with Gasteiger partial charge in [-0.2, -0.15) is 23.5 Å². The van der Waals surface area contributed by atoms with Crippen LogP contribution in [0.25, 0.3) is 0 Å². The van der Waals surface area contributed by atoms with Gasteiger partial charge in [-0.3, -0.25) is 0 Å². The third-order valence-electron chi connectivity index (χ3n) is 3.03. The summed E-state index contributed by atoms with van der Waals surface area (Å²) < 4.78 is 0. The Balaban J connectivity index is 2.37. The van der Waals surface area contributed by atoms with E-state index in [4.69, 9.17) is 5.73 Å². The molecule has 84 valence electrons. The van der Waals surface area contributed by atoms with Crippen LogP contribution in [0.15, 0.2) is 0 Å². The zero-order chi connectivity index (χ0) is 10.6. The monoisotopic (exact) mass is 233 g/mol. The lowest BCUT2D eigenvalue weighted by Gasteiger charge is -2.33. The van der Waals surface area contributed by atoms with Crippen LogP contribution in [0, 0.1) is 5.92 Å². The summed E-state index contributed by atoms with van der Waals surface area (Å²) >= 11 is 4.17. The van der Waals surface area contributed by atoms with Gasteiger partial charge in [-0.05, 0) is 12.3 Å². The maximum Gasteiger partial charge on any atom is 0.0315 e. The van der Waals surface area contributed by atoms with Crippen LogP contribution < -0.4 is 5.73 Å².